The summed E-state index contributed by atoms with van der Waals surface area (Å²) in [6.45, 7) is 5.83. The van der Waals surface area contributed by atoms with E-state index in [0.29, 0.717) is 70.1 Å². The molecule has 0 saturated carbocycles. The van der Waals surface area contributed by atoms with Crippen LogP contribution in [0.1, 0.15) is 68.7 Å². The normalized spacial score (nSPS) is 28.6. The van der Waals surface area contributed by atoms with Gasteiger partial charge < -0.3 is 9.64 Å². The first-order valence-electron chi connectivity index (χ1n) is 13.9. The third-order valence-corrected chi connectivity index (χ3v) is 9.34. The molecule has 0 N–H and O–H groups in total. The number of likely N-dealkylation sites (tertiary alicyclic amines) is 1. The Morgan fingerprint density at radius 3 is 2.49 bits per heavy atom. The van der Waals surface area contributed by atoms with Crippen molar-refractivity contribution in [2.75, 3.05) is 13.2 Å². The molecule has 0 bridgehead atoms. The molecule has 5 rings (SSSR count). The van der Waals surface area contributed by atoms with Crippen LogP contribution in [0.15, 0.2) is 42.5 Å². The van der Waals surface area contributed by atoms with E-state index >= 15 is 0 Å². The Bertz CT molecular complexity index is 1210. The van der Waals surface area contributed by atoms with E-state index in [2.05, 4.69) is 13.8 Å². The van der Waals surface area contributed by atoms with E-state index in [9.17, 15) is 26.7 Å². The van der Waals surface area contributed by atoms with Crippen LogP contribution in [0, 0.1) is 17.7 Å². The van der Waals surface area contributed by atoms with Gasteiger partial charge in [-0.25, -0.2) is 8.78 Å². The number of alkyl halides is 4. The molecule has 3 nitrogen and oxygen atoms in total. The van der Waals surface area contributed by atoms with Crippen molar-refractivity contribution >= 4 is 5.91 Å². The Morgan fingerprint density at radius 1 is 1.10 bits per heavy atom. The fourth-order valence-electron chi connectivity index (χ4n) is 7.00. The largest absolute Gasteiger partial charge is 0.426 e. The van der Waals surface area contributed by atoms with Gasteiger partial charge in [-0.1, -0.05) is 44.2 Å². The van der Waals surface area contributed by atoms with Gasteiger partial charge >= 0.3 is 6.18 Å². The molecule has 2 heterocycles. The standard InChI is InChI=1S/C31H36F5NO2/c1-19(2)26-17-22(12-15-39-26)28(38)37-14-13-30(18-20-4-8-24(32)9-5-20)25-10-7-23(29(3,33)31(34,35)36)16-21(25)6-11-27(30)37/h4-5,7-10,16,19,22,26-27H,6,11-15,17-18H2,1-3H3/t22?,26?,27-,29?,30-/m1/s1. The molecule has 39 heavy (non-hydrogen) atoms. The van der Waals surface area contributed by atoms with Crippen molar-refractivity contribution in [3.8, 4) is 0 Å². The lowest BCUT2D eigenvalue weighted by atomic mass is 9.63. The number of rotatable bonds is 5. The third-order valence-electron chi connectivity index (χ3n) is 9.34. The first kappa shape index (κ1) is 28.1. The summed E-state index contributed by atoms with van der Waals surface area (Å²) in [7, 11) is 0. The van der Waals surface area contributed by atoms with Gasteiger partial charge in [-0.15, -0.1) is 0 Å². The lowest BCUT2D eigenvalue weighted by Crippen LogP contribution is -2.51. The fraction of sp³-hybridized carbons (Fsp3) is 0.581. The Hall–Kier alpha value is -2.48. The van der Waals surface area contributed by atoms with Gasteiger partial charge in [0.15, 0.2) is 0 Å². The average Bonchev–Trinajstić information content (AvgIpc) is 3.28. The van der Waals surface area contributed by atoms with Crippen LogP contribution in [0.2, 0.25) is 0 Å². The number of carbonyl (C=O) groups is 1. The van der Waals surface area contributed by atoms with E-state index < -0.39 is 22.8 Å². The molecule has 5 atom stereocenters. The highest BCUT2D eigenvalue weighted by molar-refractivity contribution is 5.80. The zero-order chi connectivity index (χ0) is 28.2. The molecule has 212 valence electrons. The number of carbonyl (C=O) groups excluding carboxylic acids is 1. The van der Waals surface area contributed by atoms with Gasteiger partial charge in [-0.3, -0.25) is 4.79 Å². The number of amides is 1. The van der Waals surface area contributed by atoms with Crippen molar-refractivity contribution in [2.45, 2.75) is 88.7 Å². The topological polar surface area (TPSA) is 29.5 Å². The van der Waals surface area contributed by atoms with Crippen LogP contribution in [0.5, 0.6) is 0 Å². The monoisotopic (exact) mass is 549 g/mol. The zero-order valence-corrected chi connectivity index (χ0v) is 22.7. The van der Waals surface area contributed by atoms with Crippen molar-refractivity contribution in [3.63, 3.8) is 0 Å². The summed E-state index contributed by atoms with van der Waals surface area (Å²) in [6.07, 6.45) is -1.46. The number of nitrogens with zero attached hydrogens (tertiary/aromatic N) is 1. The number of aryl methyl sites for hydroxylation is 1. The van der Waals surface area contributed by atoms with Crippen LogP contribution in [-0.4, -0.2) is 42.3 Å². The van der Waals surface area contributed by atoms with Crippen molar-refractivity contribution in [3.05, 3.63) is 70.5 Å². The van der Waals surface area contributed by atoms with Gasteiger partial charge in [0.25, 0.3) is 0 Å². The zero-order valence-electron chi connectivity index (χ0n) is 22.7. The molecule has 1 amide bonds. The molecule has 0 radical (unpaired) electrons. The molecule has 3 unspecified atom stereocenters. The lowest BCUT2D eigenvalue weighted by molar-refractivity contribution is -0.228. The van der Waals surface area contributed by atoms with E-state index in [1.54, 1.807) is 18.2 Å². The van der Waals surface area contributed by atoms with E-state index in [0.717, 1.165) is 11.1 Å². The summed E-state index contributed by atoms with van der Waals surface area (Å²) < 4.78 is 75.0. The second kappa shape index (κ2) is 10.2. The minimum atomic E-state index is -5.03. The summed E-state index contributed by atoms with van der Waals surface area (Å²) in [6, 6.07) is 10.4. The average molecular weight is 550 g/mol. The second-order valence-corrected chi connectivity index (χ2v) is 12.0. The predicted molar refractivity (Wildman–Crippen MR) is 138 cm³/mol. The molecule has 2 aromatic rings. The minimum Gasteiger partial charge on any atom is -0.378 e. The van der Waals surface area contributed by atoms with Gasteiger partial charge in [0.05, 0.1) is 6.10 Å². The molecule has 2 aromatic carbocycles. The molecule has 1 aliphatic carbocycles. The number of hydrogen-bond donors (Lipinski definition) is 0. The van der Waals surface area contributed by atoms with E-state index in [1.807, 2.05) is 4.90 Å². The van der Waals surface area contributed by atoms with Gasteiger partial charge in [-0.2, -0.15) is 13.2 Å². The highest BCUT2D eigenvalue weighted by atomic mass is 19.4. The van der Waals surface area contributed by atoms with Crippen LogP contribution in [0.3, 0.4) is 0 Å². The van der Waals surface area contributed by atoms with Crippen molar-refractivity contribution in [1.82, 2.24) is 4.90 Å². The number of ether oxygens (including phenoxy) is 1. The van der Waals surface area contributed by atoms with E-state index in [1.165, 1.54) is 24.3 Å². The number of halogens is 5. The highest BCUT2D eigenvalue weighted by Crippen LogP contribution is 2.51. The number of benzene rings is 2. The Balaban J connectivity index is 1.52. The van der Waals surface area contributed by atoms with Crippen LogP contribution < -0.4 is 0 Å². The van der Waals surface area contributed by atoms with Gasteiger partial charge in [-0.05, 0) is 85.8 Å². The van der Waals surface area contributed by atoms with Gasteiger partial charge in [0.1, 0.15) is 5.82 Å². The Labute approximate surface area is 226 Å². The van der Waals surface area contributed by atoms with Crippen molar-refractivity contribution < 1.29 is 31.5 Å². The number of fused-ring (bicyclic) bond motifs is 3. The molecule has 2 saturated heterocycles. The van der Waals surface area contributed by atoms with Crippen LogP contribution in [0.25, 0.3) is 0 Å². The van der Waals surface area contributed by atoms with Crippen molar-refractivity contribution in [1.29, 1.82) is 0 Å². The summed E-state index contributed by atoms with van der Waals surface area (Å²) >= 11 is 0. The van der Waals surface area contributed by atoms with E-state index in [-0.39, 0.29) is 29.8 Å². The molecular weight excluding hydrogens is 513 g/mol. The summed E-state index contributed by atoms with van der Waals surface area (Å²) in [5, 5.41) is 0. The van der Waals surface area contributed by atoms with Crippen LogP contribution >= 0.6 is 0 Å². The highest BCUT2D eigenvalue weighted by Gasteiger charge is 2.56. The Kier molecular flexibility index (Phi) is 7.32. The maximum absolute atomic E-state index is 14.9. The smallest absolute Gasteiger partial charge is 0.378 e. The summed E-state index contributed by atoms with van der Waals surface area (Å²) in [4.78, 5) is 15.9. The predicted octanol–water partition coefficient (Wildman–Crippen LogP) is 7.05. The van der Waals surface area contributed by atoms with Gasteiger partial charge in [0.2, 0.25) is 11.6 Å². The van der Waals surface area contributed by atoms with Gasteiger partial charge in [0, 0.05) is 30.5 Å². The SMILES string of the molecule is CC(C)C1CC(C(=O)N2CC[C@@]3(Cc4ccc(F)cc4)c4ccc(C(C)(F)C(F)(F)F)cc4CC[C@@H]23)CCO1. The molecule has 8 heteroatoms. The summed E-state index contributed by atoms with van der Waals surface area (Å²) in [5.74, 6) is -0.0531. The summed E-state index contributed by atoms with van der Waals surface area (Å²) in [5.41, 5.74) is -1.96. The maximum Gasteiger partial charge on any atom is 0.426 e. The molecule has 2 fully saturated rings. The molecule has 2 aliphatic heterocycles. The van der Waals surface area contributed by atoms with Crippen LogP contribution in [0.4, 0.5) is 22.0 Å². The number of hydrogen-bond acceptors (Lipinski definition) is 2. The first-order chi connectivity index (χ1) is 18.3. The molecule has 0 aromatic heterocycles. The molecule has 3 aliphatic rings. The molecule has 0 spiro atoms. The maximum atomic E-state index is 14.9. The Morgan fingerprint density at radius 2 is 1.82 bits per heavy atom. The first-order valence-corrected chi connectivity index (χ1v) is 13.9. The fourth-order valence-corrected chi connectivity index (χ4v) is 7.00. The lowest BCUT2D eigenvalue weighted by Gasteiger charge is -2.45. The molecular formula is C31H36F5NO2. The second-order valence-electron chi connectivity index (χ2n) is 12.0. The quantitative estimate of drug-likeness (QED) is 0.374. The van der Waals surface area contributed by atoms with Crippen molar-refractivity contribution in [2.24, 2.45) is 11.8 Å². The third kappa shape index (κ3) is 4.98. The minimum absolute atomic E-state index is 0.0356. The van der Waals surface area contributed by atoms with Crippen LogP contribution in [-0.2, 0) is 33.5 Å². The van der Waals surface area contributed by atoms with E-state index in [4.69, 9.17) is 4.74 Å².